The molecule has 5 nitrogen and oxygen atoms in total. The molecule has 2 aromatic rings. The second-order valence-electron chi connectivity index (χ2n) is 4.90. The van der Waals surface area contributed by atoms with E-state index in [1.807, 2.05) is 6.92 Å². The van der Waals surface area contributed by atoms with E-state index >= 15 is 0 Å². The Balaban J connectivity index is 1.96. The van der Waals surface area contributed by atoms with Crippen molar-refractivity contribution in [1.82, 2.24) is 0 Å². The normalized spacial score (nSPS) is 16.9. The molecule has 0 saturated carbocycles. The van der Waals surface area contributed by atoms with Gasteiger partial charge in [0.1, 0.15) is 11.5 Å². The fourth-order valence-electron chi connectivity index (χ4n) is 2.32. The van der Waals surface area contributed by atoms with Crippen LogP contribution in [-0.4, -0.2) is 17.8 Å². The number of aryl methyl sites for hydroxylation is 1. The summed E-state index contributed by atoms with van der Waals surface area (Å²) < 4.78 is 10.8. The third kappa shape index (κ3) is 2.31. The van der Waals surface area contributed by atoms with Gasteiger partial charge in [0.2, 0.25) is 0 Å². The van der Waals surface area contributed by atoms with Gasteiger partial charge in [0.05, 0.1) is 17.5 Å². The molecule has 0 aliphatic carbocycles. The lowest BCUT2D eigenvalue weighted by Gasteiger charge is -2.23. The first kappa shape index (κ1) is 13.4. The van der Waals surface area contributed by atoms with Crippen LogP contribution in [0, 0.1) is 0 Å². The molecule has 5 heteroatoms. The zero-order chi connectivity index (χ0) is 15.0. The maximum Gasteiger partial charge on any atom is 0.265 e. The lowest BCUT2D eigenvalue weighted by molar-refractivity contribution is -0.122. The van der Waals surface area contributed by atoms with Crippen LogP contribution in [0.5, 0.6) is 5.75 Å². The van der Waals surface area contributed by atoms with Gasteiger partial charge in [-0.25, -0.2) is 0 Å². The van der Waals surface area contributed by atoms with Crippen molar-refractivity contribution < 1.29 is 18.7 Å². The SMILES string of the molecule is CCc1occc1C(=O)c1ccc2c(c1)NC(=O)C(C)O2. The van der Waals surface area contributed by atoms with E-state index in [0.717, 1.165) is 0 Å². The van der Waals surface area contributed by atoms with Gasteiger partial charge in [-0.2, -0.15) is 0 Å². The van der Waals surface area contributed by atoms with Crippen molar-refractivity contribution >= 4 is 17.4 Å². The van der Waals surface area contributed by atoms with Crippen LogP contribution in [-0.2, 0) is 11.2 Å². The van der Waals surface area contributed by atoms with Crippen LogP contribution in [0.2, 0.25) is 0 Å². The highest BCUT2D eigenvalue weighted by Gasteiger charge is 2.25. The number of hydrogen-bond donors (Lipinski definition) is 1. The fourth-order valence-corrected chi connectivity index (χ4v) is 2.32. The van der Waals surface area contributed by atoms with E-state index in [2.05, 4.69) is 5.32 Å². The van der Waals surface area contributed by atoms with Gasteiger partial charge >= 0.3 is 0 Å². The Morgan fingerprint density at radius 2 is 2.14 bits per heavy atom. The molecule has 0 spiro atoms. The lowest BCUT2D eigenvalue weighted by atomic mass is 10.0. The topological polar surface area (TPSA) is 68.5 Å². The number of rotatable bonds is 3. The number of carbonyl (C=O) groups excluding carboxylic acids is 2. The van der Waals surface area contributed by atoms with E-state index in [0.29, 0.717) is 34.7 Å². The first-order chi connectivity index (χ1) is 10.1. The Hall–Kier alpha value is -2.56. The van der Waals surface area contributed by atoms with Crippen molar-refractivity contribution in [3.8, 4) is 5.75 Å². The number of ether oxygens (including phenoxy) is 1. The summed E-state index contributed by atoms with van der Waals surface area (Å²) in [7, 11) is 0. The molecule has 1 aliphatic heterocycles. The van der Waals surface area contributed by atoms with Crippen molar-refractivity contribution in [2.45, 2.75) is 26.4 Å². The summed E-state index contributed by atoms with van der Waals surface area (Å²) >= 11 is 0. The van der Waals surface area contributed by atoms with Crippen LogP contribution >= 0.6 is 0 Å². The van der Waals surface area contributed by atoms with Crippen molar-refractivity contribution in [2.75, 3.05) is 5.32 Å². The Kier molecular flexibility index (Phi) is 3.25. The third-order valence-electron chi connectivity index (χ3n) is 3.48. The zero-order valence-corrected chi connectivity index (χ0v) is 11.8. The van der Waals surface area contributed by atoms with Gasteiger partial charge in [-0.3, -0.25) is 9.59 Å². The summed E-state index contributed by atoms with van der Waals surface area (Å²) in [5.41, 5.74) is 1.56. The van der Waals surface area contributed by atoms with Crippen molar-refractivity contribution in [1.29, 1.82) is 0 Å². The molecule has 1 atom stereocenters. The number of benzene rings is 1. The van der Waals surface area contributed by atoms with E-state index in [1.165, 1.54) is 6.26 Å². The average molecular weight is 285 g/mol. The average Bonchev–Trinajstić information content (AvgIpc) is 2.95. The standard InChI is InChI=1S/C16H15NO4/c1-3-13-11(6-7-20-13)15(18)10-4-5-14-12(8-10)17-16(19)9(2)21-14/h4-9H,3H2,1-2H3,(H,17,19). The van der Waals surface area contributed by atoms with E-state index in [1.54, 1.807) is 31.2 Å². The number of hydrogen-bond acceptors (Lipinski definition) is 4. The number of nitrogens with one attached hydrogen (secondary N) is 1. The molecule has 1 aromatic carbocycles. The van der Waals surface area contributed by atoms with E-state index in [-0.39, 0.29) is 11.7 Å². The van der Waals surface area contributed by atoms with Crippen molar-refractivity contribution in [2.24, 2.45) is 0 Å². The monoisotopic (exact) mass is 285 g/mol. The molecule has 1 aromatic heterocycles. The quantitative estimate of drug-likeness (QED) is 0.880. The fraction of sp³-hybridized carbons (Fsp3) is 0.250. The molecule has 1 N–H and O–H groups in total. The number of fused-ring (bicyclic) bond motifs is 1. The van der Waals surface area contributed by atoms with E-state index < -0.39 is 6.10 Å². The Labute approximate surface area is 121 Å². The molecule has 1 unspecified atom stereocenters. The van der Waals surface area contributed by atoms with Crippen LogP contribution in [0.3, 0.4) is 0 Å². The predicted octanol–water partition coefficient (Wildman–Crippen LogP) is 2.79. The highest BCUT2D eigenvalue weighted by molar-refractivity contribution is 6.11. The molecular formula is C16H15NO4. The van der Waals surface area contributed by atoms with Crippen LogP contribution in [0.1, 0.15) is 35.5 Å². The summed E-state index contributed by atoms with van der Waals surface area (Å²) in [6, 6.07) is 6.69. The van der Waals surface area contributed by atoms with Crippen LogP contribution < -0.4 is 10.1 Å². The van der Waals surface area contributed by atoms with Gasteiger partial charge in [-0.15, -0.1) is 0 Å². The molecule has 21 heavy (non-hydrogen) atoms. The minimum Gasteiger partial charge on any atom is -0.479 e. The summed E-state index contributed by atoms with van der Waals surface area (Å²) in [5.74, 6) is 0.883. The van der Waals surface area contributed by atoms with Gasteiger partial charge in [0.15, 0.2) is 11.9 Å². The Bertz CT molecular complexity index is 717. The van der Waals surface area contributed by atoms with Crippen molar-refractivity contribution in [3.63, 3.8) is 0 Å². The number of furan rings is 1. The molecule has 0 saturated heterocycles. The van der Waals surface area contributed by atoms with E-state index in [9.17, 15) is 9.59 Å². The number of carbonyl (C=O) groups is 2. The largest absolute Gasteiger partial charge is 0.479 e. The maximum absolute atomic E-state index is 12.5. The first-order valence-electron chi connectivity index (χ1n) is 6.82. The predicted molar refractivity (Wildman–Crippen MR) is 76.7 cm³/mol. The minimum atomic E-state index is -0.528. The summed E-state index contributed by atoms with van der Waals surface area (Å²) in [5, 5.41) is 2.74. The van der Waals surface area contributed by atoms with E-state index in [4.69, 9.17) is 9.15 Å². The number of anilines is 1. The molecule has 1 amide bonds. The van der Waals surface area contributed by atoms with Gasteiger partial charge in [-0.1, -0.05) is 6.92 Å². The van der Waals surface area contributed by atoms with Gasteiger partial charge < -0.3 is 14.5 Å². The Morgan fingerprint density at radius 1 is 1.33 bits per heavy atom. The van der Waals surface area contributed by atoms with Gasteiger partial charge in [0.25, 0.3) is 5.91 Å². The van der Waals surface area contributed by atoms with Crippen LogP contribution in [0.25, 0.3) is 0 Å². The highest BCUT2D eigenvalue weighted by atomic mass is 16.5. The second kappa shape index (κ2) is 5.09. The molecule has 0 radical (unpaired) electrons. The maximum atomic E-state index is 12.5. The lowest BCUT2D eigenvalue weighted by Crippen LogP contribution is -2.34. The minimum absolute atomic E-state index is 0.128. The molecule has 2 heterocycles. The molecule has 3 rings (SSSR count). The molecule has 0 fully saturated rings. The summed E-state index contributed by atoms with van der Waals surface area (Å²) in [6.07, 6.45) is 1.63. The van der Waals surface area contributed by atoms with Crippen molar-refractivity contribution in [3.05, 3.63) is 47.4 Å². The zero-order valence-electron chi connectivity index (χ0n) is 11.8. The molecular weight excluding hydrogens is 270 g/mol. The number of ketones is 1. The van der Waals surface area contributed by atoms with Crippen LogP contribution in [0.4, 0.5) is 5.69 Å². The third-order valence-corrected chi connectivity index (χ3v) is 3.48. The smallest absolute Gasteiger partial charge is 0.265 e. The number of amides is 1. The van der Waals surface area contributed by atoms with Crippen LogP contribution in [0.15, 0.2) is 34.9 Å². The van der Waals surface area contributed by atoms with Gasteiger partial charge in [-0.05, 0) is 31.2 Å². The molecule has 1 aliphatic rings. The van der Waals surface area contributed by atoms with Gasteiger partial charge in [0, 0.05) is 12.0 Å². The first-order valence-corrected chi connectivity index (χ1v) is 6.82. The second-order valence-corrected chi connectivity index (χ2v) is 4.90. The Morgan fingerprint density at radius 3 is 2.90 bits per heavy atom. The highest BCUT2D eigenvalue weighted by Crippen LogP contribution is 2.31. The molecule has 0 bridgehead atoms. The summed E-state index contributed by atoms with van der Waals surface area (Å²) in [6.45, 7) is 3.61. The molecule has 108 valence electrons. The summed E-state index contributed by atoms with van der Waals surface area (Å²) in [4.78, 5) is 24.1.